The van der Waals surface area contributed by atoms with Gasteiger partial charge in [-0.15, -0.1) is 0 Å². The van der Waals surface area contributed by atoms with Gasteiger partial charge in [0.05, 0.1) is 0 Å². The highest BCUT2D eigenvalue weighted by Crippen LogP contribution is 2.16. The van der Waals surface area contributed by atoms with Crippen molar-refractivity contribution in [1.29, 1.82) is 0 Å². The van der Waals surface area contributed by atoms with Crippen molar-refractivity contribution in [1.82, 2.24) is 4.90 Å². The number of nitrogens with two attached hydrogens (primary N) is 1. The summed E-state index contributed by atoms with van der Waals surface area (Å²) in [7, 11) is 0. The minimum atomic E-state index is -0.383. The zero-order chi connectivity index (χ0) is 11.5. The molecule has 0 bridgehead atoms. The fraction of sp³-hybridized carbons (Fsp3) is 0.417. The van der Waals surface area contributed by atoms with Gasteiger partial charge in [-0.25, -0.2) is 4.79 Å². The molecule has 2 amide bonds. The van der Waals surface area contributed by atoms with E-state index in [1.807, 2.05) is 51.1 Å². The zero-order valence-corrected chi connectivity index (χ0v) is 9.53. The Morgan fingerprint density at radius 3 is 2.20 bits per heavy atom. The van der Waals surface area contributed by atoms with Crippen LogP contribution in [0.2, 0.25) is 0 Å². The normalized spacial score (nSPS) is 11.1. The van der Waals surface area contributed by atoms with Gasteiger partial charge in [0.25, 0.3) is 0 Å². The van der Waals surface area contributed by atoms with Crippen molar-refractivity contribution >= 4 is 6.03 Å². The Hall–Kier alpha value is -1.51. The molecule has 1 aromatic carbocycles. The van der Waals surface area contributed by atoms with Gasteiger partial charge in [0.1, 0.15) is 0 Å². The lowest BCUT2D eigenvalue weighted by Gasteiger charge is -2.34. The fourth-order valence-corrected chi connectivity index (χ4v) is 1.41. The second-order valence-corrected chi connectivity index (χ2v) is 4.58. The van der Waals surface area contributed by atoms with E-state index in [4.69, 9.17) is 5.73 Å². The first kappa shape index (κ1) is 11.6. The van der Waals surface area contributed by atoms with E-state index < -0.39 is 0 Å². The van der Waals surface area contributed by atoms with E-state index in [0.717, 1.165) is 5.56 Å². The highest BCUT2D eigenvalue weighted by atomic mass is 16.2. The van der Waals surface area contributed by atoms with Gasteiger partial charge in [-0.2, -0.15) is 0 Å². The van der Waals surface area contributed by atoms with Crippen LogP contribution in [0, 0.1) is 0 Å². The standard InChI is InChI=1S/C12H18N2O/c1-12(2,3)14(11(13)15)9-10-7-5-4-6-8-10/h4-8H,9H2,1-3H3,(H2,13,15). The first-order valence-corrected chi connectivity index (χ1v) is 5.02. The monoisotopic (exact) mass is 206 g/mol. The number of primary amides is 1. The number of carbonyl (C=O) groups is 1. The van der Waals surface area contributed by atoms with Gasteiger partial charge in [0.2, 0.25) is 0 Å². The van der Waals surface area contributed by atoms with Gasteiger partial charge in [-0.1, -0.05) is 30.3 Å². The van der Waals surface area contributed by atoms with Gasteiger partial charge >= 0.3 is 6.03 Å². The molecule has 0 spiro atoms. The van der Waals surface area contributed by atoms with Crippen LogP contribution in [0.15, 0.2) is 30.3 Å². The third kappa shape index (κ3) is 3.27. The Balaban J connectivity index is 2.82. The highest BCUT2D eigenvalue weighted by Gasteiger charge is 2.24. The van der Waals surface area contributed by atoms with Crippen LogP contribution in [0.1, 0.15) is 26.3 Å². The Bertz CT molecular complexity index is 327. The third-order valence-electron chi connectivity index (χ3n) is 2.26. The topological polar surface area (TPSA) is 46.3 Å². The SMILES string of the molecule is CC(C)(C)N(Cc1ccccc1)C(N)=O. The van der Waals surface area contributed by atoms with Gasteiger partial charge < -0.3 is 10.6 Å². The smallest absolute Gasteiger partial charge is 0.315 e. The van der Waals surface area contributed by atoms with Crippen molar-refractivity contribution < 1.29 is 4.79 Å². The van der Waals surface area contributed by atoms with Crippen molar-refractivity contribution in [3.63, 3.8) is 0 Å². The molecule has 1 aromatic rings. The third-order valence-corrected chi connectivity index (χ3v) is 2.26. The lowest BCUT2D eigenvalue weighted by molar-refractivity contribution is 0.148. The van der Waals surface area contributed by atoms with Crippen LogP contribution in [0.3, 0.4) is 0 Å². The van der Waals surface area contributed by atoms with E-state index in [1.165, 1.54) is 0 Å². The van der Waals surface area contributed by atoms with E-state index >= 15 is 0 Å². The van der Waals surface area contributed by atoms with Gasteiger partial charge in [-0.05, 0) is 26.3 Å². The summed E-state index contributed by atoms with van der Waals surface area (Å²) in [5.74, 6) is 0. The molecular formula is C12H18N2O. The van der Waals surface area contributed by atoms with Crippen LogP contribution < -0.4 is 5.73 Å². The molecule has 0 heterocycles. The molecule has 0 saturated carbocycles. The summed E-state index contributed by atoms with van der Waals surface area (Å²) >= 11 is 0. The van der Waals surface area contributed by atoms with Crippen LogP contribution in [-0.4, -0.2) is 16.5 Å². The second-order valence-electron chi connectivity index (χ2n) is 4.58. The first-order valence-electron chi connectivity index (χ1n) is 5.02. The minimum absolute atomic E-state index is 0.248. The number of hydrogen-bond donors (Lipinski definition) is 1. The molecule has 0 atom stereocenters. The van der Waals surface area contributed by atoms with Crippen molar-refractivity contribution in [2.75, 3.05) is 0 Å². The number of benzene rings is 1. The van der Waals surface area contributed by atoms with E-state index in [1.54, 1.807) is 4.90 Å². The van der Waals surface area contributed by atoms with Crippen LogP contribution in [0.5, 0.6) is 0 Å². The van der Waals surface area contributed by atoms with Crippen molar-refractivity contribution in [2.45, 2.75) is 32.9 Å². The molecule has 2 N–H and O–H groups in total. The molecule has 0 aliphatic rings. The minimum Gasteiger partial charge on any atom is -0.351 e. The van der Waals surface area contributed by atoms with Gasteiger partial charge in [0.15, 0.2) is 0 Å². The van der Waals surface area contributed by atoms with E-state index in [-0.39, 0.29) is 11.6 Å². The molecular weight excluding hydrogens is 188 g/mol. The summed E-state index contributed by atoms with van der Waals surface area (Å²) in [6, 6.07) is 9.46. The molecule has 3 nitrogen and oxygen atoms in total. The summed E-state index contributed by atoms with van der Waals surface area (Å²) < 4.78 is 0. The maximum absolute atomic E-state index is 11.3. The number of urea groups is 1. The number of hydrogen-bond acceptors (Lipinski definition) is 1. The Kier molecular flexibility index (Phi) is 3.35. The average Bonchev–Trinajstić information content (AvgIpc) is 2.13. The number of rotatable bonds is 2. The predicted octanol–water partition coefficient (Wildman–Crippen LogP) is 2.37. The van der Waals surface area contributed by atoms with Crippen molar-refractivity contribution in [2.24, 2.45) is 5.73 Å². The average molecular weight is 206 g/mol. The van der Waals surface area contributed by atoms with E-state index in [9.17, 15) is 4.79 Å². The maximum atomic E-state index is 11.3. The predicted molar refractivity (Wildman–Crippen MR) is 61.3 cm³/mol. The lowest BCUT2D eigenvalue weighted by atomic mass is 10.1. The van der Waals surface area contributed by atoms with Crippen LogP contribution in [-0.2, 0) is 6.54 Å². The summed E-state index contributed by atoms with van der Waals surface area (Å²) in [5.41, 5.74) is 6.20. The molecule has 0 aromatic heterocycles. The highest BCUT2D eigenvalue weighted by molar-refractivity contribution is 5.72. The van der Waals surface area contributed by atoms with Crippen molar-refractivity contribution in [3.05, 3.63) is 35.9 Å². The molecule has 0 aliphatic carbocycles. The number of carbonyl (C=O) groups excluding carboxylic acids is 1. The van der Waals surface area contributed by atoms with E-state index in [2.05, 4.69) is 0 Å². The zero-order valence-electron chi connectivity index (χ0n) is 9.53. The van der Waals surface area contributed by atoms with Crippen LogP contribution in [0.25, 0.3) is 0 Å². The molecule has 0 aliphatic heterocycles. The molecule has 3 heteroatoms. The molecule has 0 unspecified atom stereocenters. The Morgan fingerprint density at radius 1 is 1.27 bits per heavy atom. The quantitative estimate of drug-likeness (QED) is 0.793. The molecule has 82 valence electrons. The van der Waals surface area contributed by atoms with Gasteiger partial charge in [0, 0.05) is 12.1 Å². The van der Waals surface area contributed by atoms with Crippen LogP contribution >= 0.6 is 0 Å². The second kappa shape index (κ2) is 4.34. The maximum Gasteiger partial charge on any atom is 0.315 e. The fourth-order valence-electron chi connectivity index (χ4n) is 1.41. The summed E-state index contributed by atoms with van der Waals surface area (Å²) in [6.45, 7) is 6.47. The van der Waals surface area contributed by atoms with Crippen LogP contribution in [0.4, 0.5) is 4.79 Å². The first-order chi connectivity index (χ1) is 6.91. The summed E-state index contributed by atoms with van der Waals surface area (Å²) in [5, 5.41) is 0. The molecule has 0 fully saturated rings. The summed E-state index contributed by atoms with van der Waals surface area (Å²) in [4.78, 5) is 13.0. The molecule has 0 saturated heterocycles. The Morgan fingerprint density at radius 2 is 1.80 bits per heavy atom. The molecule has 1 rings (SSSR count). The summed E-state index contributed by atoms with van der Waals surface area (Å²) in [6.07, 6.45) is 0. The molecule has 0 radical (unpaired) electrons. The Labute approximate surface area is 90.9 Å². The number of nitrogens with zero attached hydrogens (tertiary/aromatic N) is 1. The number of amides is 2. The van der Waals surface area contributed by atoms with Gasteiger partial charge in [-0.3, -0.25) is 0 Å². The lowest BCUT2D eigenvalue weighted by Crippen LogP contribution is -2.47. The van der Waals surface area contributed by atoms with Crippen molar-refractivity contribution in [3.8, 4) is 0 Å². The van der Waals surface area contributed by atoms with E-state index in [0.29, 0.717) is 6.54 Å². The molecule has 15 heavy (non-hydrogen) atoms. The largest absolute Gasteiger partial charge is 0.351 e.